The van der Waals surface area contributed by atoms with Crippen molar-refractivity contribution in [2.75, 3.05) is 14.2 Å². The molecule has 5 nitrogen and oxygen atoms in total. The molecule has 0 spiro atoms. The molecule has 0 amide bonds. The first-order valence-electron chi connectivity index (χ1n) is 8.56. The van der Waals surface area contributed by atoms with Gasteiger partial charge in [0.1, 0.15) is 6.54 Å². The van der Waals surface area contributed by atoms with E-state index in [1.54, 1.807) is 26.0 Å². The van der Waals surface area contributed by atoms with Crippen LogP contribution in [0.3, 0.4) is 0 Å². The number of ketones is 2. The summed E-state index contributed by atoms with van der Waals surface area (Å²) >= 11 is 0. The van der Waals surface area contributed by atoms with E-state index in [2.05, 4.69) is 4.98 Å². The van der Waals surface area contributed by atoms with Gasteiger partial charge in [0.25, 0.3) is 0 Å². The van der Waals surface area contributed by atoms with Crippen LogP contribution < -0.4 is 9.64 Å². The largest absolute Gasteiger partial charge is 0.494 e. The first kappa shape index (κ1) is 19.8. The molecule has 0 saturated heterocycles. The van der Waals surface area contributed by atoms with Gasteiger partial charge in [-0.25, -0.2) is 4.39 Å². The predicted molar refractivity (Wildman–Crippen MR) is 97.6 cm³/mol. The zero-order chi connectivity index (χ0) is 19.6. The molecule has 0 bridgehead atoms. The highest BCUT2D eigenvalue weighted by Gasteiger charge is 2.28. The summed E-state index contributed by atoms with van der Waals surface area (Å²) in [5.74, 6) is -0.342. The van der Waals surface area contributed by atoms with Gasteiger partial charge in [-0.1, -0.05) is 0 Å². The van der Waals surface area contributed by atoms with Crippen molar-refractivity contribution < 1.29 is 23.6 Å². The van der Waals surface area contributed by atoms with E-state index in [9.17, 15) is 14.0 Å². The molecule has 0 aliphatic carbocycles. The van der Waals surface area contributed by atoms with Gasteiger partial charge in [-0.3, -0.25) is 9.59 Å². The van der Waals surface area contributed by atoms with Crippen LogP contribution in [0.4, 0.5) is 4.39 Å². The topological polar surface area (TPSA) is 63.6 Å². The number of halogens is 1. The normalized spacial score (nSPS) is 13.3. The van der Waals surface area contributed by atoms with Crippen molar-refractivity contribution in [2.24, 2.45) is 0 Å². The number of benzene rings is 1. The molecule has 1 heterocycles. The van der Waals surface area contributed by atoms with Crippen molar-refractivity contribution in [3.05, 3.63) is 52.1 Å². The highest BCUT2D eigenvalue weighted by atomic mass is 19.1. The molecule has 2 N–H and O–H groups in total. The number of hydrogen-bond acceptors (Lipinski definition) is 3. The smallest absolute Gasteiger partial charge is 0.235 e. The minimum atomic E-state index is -0.418. The highest BCUT2D eigenvalue weighted by molar-refractivity contribution is 6.04. The molecule has 1 unspecified atom stereocenters. The van der Waals surface area contributed by atoms with Crippen molar-refractivity contribution in [1.82, 2.24) is 4.98 Å². The number of ether oxygens (including phenoxy) is 1. The Hall–Kier alpha value is -2.47. The second-order valence-electron chi connectivity index (χ2n) is 6.76. The number of aromatic nitrogens is 1. The van der Waals surface area contributed by atoms with Gasteiger partial charge in [-0.15, -0.1) is 0 Å². The van der Waals surface area contributed by atoms with Crippen molar-refractivity contribution in [3.8, 4) is 5.75 Å². The van der Waals surface area contributed by atoms with E-state index in [1.165, 1.54) is 20.1 Å². The Balaban J connectivity index is 2.19. The average molecular weight is 361 g/mol. The zero-order valence-corrected chi connectivity index (χ0v) is 16.1. The Labute approximate surface area is 153 Å². The number of likely N-dealkylation sites (N-methyl/N-ethyl adjacent to an activating group) is 1. The van der Waals surface area contributed by atoms with Gasteiger partial charge in [-0.05, 0) is 51.5 Å². The Kier molecular flexibility index (Phi) is 5.97. The highest BCUT2D eigenvalue weighted by Crippen LogP contribution is 2.20. The van der Waals surface area contributed by atoms with Crippen molar-refractivity contribution in [3.63, 3.8) is 0 Å². The third kappa shape index (κ3) is 3.85. The summed E-state index contributed by atoms with van der Waals surface area (Å²) in [6, 6.07) is 4.46. The molecule has 140 valence electrons. The number of hydrogen-bond donors (Lipinski definition) is 2. The second kappa shape index (κ2) is 7.83. The molecule has 2 atom stereocenters. The molecule has 2 rings (SSSR count). The van der Waals surface area contributed by atoms with Crippen LogP contribution in [0, 0.1) is 19.7 Å². The standard InChI is InChI=1S/C20H25FN2O3/c1-11-18(14(4)24)12(2)22-19(11)20(25)13(3)23(5)10-15-7-8-17(26-6)16(21)9-15/h7-9,13,22H,10H2,1-6H3/p+1/t13-/m1/s1. The number of nitrogens with one attached hydrogen (secondary N) is 2. The van der Waals surface area contributed by atoms with Crippen molar-refractivity contribution in [2.45, 2.75) is 40.3 Å². The molecular formula is C20H26FN2O3+. The molecule has 0 saturated carbocycles. The van der Waals surface area contributed by atoms with E-state index in [0.717, 1.165) is 10.5 Å². The lowest BCUT2D eigenvalue weighted by Gasteiger charge is -2.21. The number of H-pyrrole nitrogens is 1. The fourth-order valence-corrected chi connectivity index (χ4v) is 3.26. The van der Waals surface area contributed by atoms with Gasteiger partial charge in [0.15, 0.2) is 23.4 Å². The molecule has 1 aromatic heterocycles. The summed E-state index contributed by atoms with van der Waals surface area (Å²) in [5.41, 5.74) is 3.23. The summed E-state index contributed by atoms with van der Waals surface area (Å²) < 4.78 is 18.8. The number of methoxy groups -OCH3 is 1. The molecule has 6 heteroatoms. The van der Waals surface area contributed by atoms with Crippen LogP contribution in [0.5, 0.6) is 5.75 Å². The Bertz CT molecular complexity index is 842. The van der Waals surface area contributed by atoms with Gasteiger partial charge in [0.05, 0.1) is 19.9 Å². The summed E-state index contributed by atoms with van der Waals surface area (Å²) in [4.78, 5) is 28.6. The van der Waals surface area contributed by atoms with Gasteiger partial charge < -0.3 is 14.6 Å². The van der Waals surface area contributed by atoms with Crippen molar-refractivity contribution >= 4 is 11.6 Å². The van der Waals surface area contributed by atoms with E-state index < -0.39 is 5.82 Å². The van der Waals surface area contributed by atoms with Crippen LogP contribution in [0.1, 0.15) is 51.5 Å². The number of quaternary nitrogens is 1. The minimum Gasteiger partial charge on any atom is -0.494 e. The van der Waals surface area contributed by atoms with E-state index in [0.29, 0.717) is 29.1 Å². The van der Waals surface area contributed by atoms with Crippen LogP contribution in [0.25, 0.3) is 0 Å². The second-order valence-corrected chi connectivity index (χ2v) is 6.76. The lowest BCUT2D eigenvalue weighted by Crippen LogP contribution is -3.12. The lowest BCUT2D eigenvalue weighted by molar-refractivity contribution is -0.907. The number of rotatable bonds is 7. The number of carbonyl (C=O) groups is 2. The molecule has 0 fully saturated rings. The number of Topliss-reactive ketones (excluding diaryl/α,β-unsaturated/α-hetero) is 2. The van der Waals surface area contributed by atoms with Gasteiger partial charge in [0, 0.05) is 16.8 Å². The maximum atomic E-state index is 13.9. The number of aromatic amines is 1. The maximum absolute atomic E-state index is 13.9. The fourth-order valence-electron chi connectivity index (χ4n) is 3.26. The number of carbonyl (C=O) groups excluding carboxylic acids is 2. The Morgan fingerprint density at radius 2 is 1.96 bits per heavy atom. The van der Waals surface area contributed by atoms with E-state index in [4.69, 9.17) is 4.74 Å². The first-order chi connectivity index (χ1) is 12.2. The molecule has 26 heavy (non-hydrogen) atoms. The first-order valence-corrected chi connectivity index (χ1v) is 8.56. The van der Waals surface area contributed by atoms with Gasteiger partial charge in [-0.2, -0.15) is 0 Å². The quantitative estimate of drug-likeness (QED) is 0.744. The molecule has 0 radical (unpaired) electrons. The summed E-state index contributed by atoms with van der Waals surface area (Å²) in [7, 11) is 3.31. The summed E-state index contributed by atoms with van der Waals surface area (Å²) in [6.45, 7) is 7.40. The molecule has 0 aliphatic rings. The molecule has 0 aliphatic heterocycles. The fraction of sp³-hybridized carbons (Fsp3) is 0.400. The Morgan fingerprint density at radius 3 is 2.46 bits per heavy atom. The van der Waals surface area contributed by atoms with E-state index in [-0.39, 0.29) is 23.4 Å². The number of aryl methyl sites for hydroxylation is 1. The van der Waals surface area contributed by atoms with Gasteiger partial charge >= 0.3 is 0 Å². The Morgan fingerprint density at radius 1 is 1.31 bits per heavy atom. The van der Waals surface area contributed by atoms with E-state index in [1.807, 2.05) is 14.0 Å². The maximum Gasteiger partial charge on any atom is 0.235 e. The molecule has 1 aromatic carbocycles. The minimum absolute atomic E-state index is 0.0580. The van der Waals surface area contributed by atoms with Crippen LogP contribution in [-0.4, -0.2) is 36.7 Å². The van der Waals surface area contributed by atoms with Crippen LogP contribution in [0.15, 0.2) is 18.2 Å². The average Bonchev–Trinajstić information content (AvgIpc) is 2.88. The van der Waals surface area contributed by atoms with E-state index >= 15 is 0 Å². The third-order valence-corrected chi connectivity index (χ3v) is 4.87. The van der Waals surface area contributed by atoms with Crippen LogP contribution in [-0.2, 0) is 6.54 Å². The molecule has 2 aromatic rings. The van der Waals surface area contributed by atoms with Crippen molar-refractivity contribution in [1.29, 1.82) is 0 Å². The summed E-state index contributed by atoms with van der Waals surface area (Å²) in [6.07, 6.45) is 0. The van der Waals surface area contributed by atoms with Crippen LogP contribution >= 0.6 is 0 Å². The zero-order valence-electron chi connectivity index (χ0n) is 16.1. The van der Waals surface area contributed by atoms with Crippen LogP contribution in [0.2, 0.25) is 0 Å². The predicted octanol–water partition coefficient (Wildman–Crippen LogP) is 2.27. The monoisotopic (exact) mass is 361 g/mol. The molecular weight excluding hydrogens is 335 g/mol. The SMILES string of the molecule is COc1ccc(C[NH+](C)[C@H](C)C(=O)c2[nH]c(C)c(C(C)=O)c2C)cc1F. The van der Waals surface area contributed by atoms with Gasteiger partial charge in [0.2, 0.25) is 5.78 Å². The lowest BCUT2D eigenvalue weighted by atomic mass is 10.0. The third-order valence-electron chi connectivity index (χ3n) is 4.87. The summed E-state index contributed by atoms with van der Waals surface area (Å²) in [5, 5.41) is 0.